The molecular weight excluding hydrogens is 412 g/mol. The summed E-state index contributed by atoms with van der Waals surface area (Å²) in [5, 5.41) is 6.37. The van der Waals surface area contributed by atoms with Gasteiger partial charge in [0, 0.05) is 55.3 Å². The second-order valence-electron chi connectivity index (χ2n) is 8.13. The standard InChI is InChI=1S/C24H27F2N5O/c1-14-9-22(32)30-19-6-3-7-20(23(19)29-14)31-8-4-5-15-10-17(16(12-27)13-28-2)18(24(25)26)11-21(15)31/h3,6-7,10-14,24,29H,4-5,8-9,27H2,1-2H3,(H,30,32)/b16-12+,28-13?/t14-/m1/s1. The Kier molecular flexibility index (Phi) is 6.12. The van der Waals surface area contributed by atoms with Gasteiger partial charge in [-0.2, -0.15) is 0 Å². The van der Waals surface area contributed by atoms with Crippen molar-refractivity contribution in [1.82, 2.24) is 0 Å². The van der Waals surface area contributed by atoms with Gasteiger partial charge in [-0.25, -0.2) is 8.78 Å². The van der Waals surface area contributed by atoms with Gasteiger partial charge in [0.25, 0.3) is 6.43 Å². The van der Waals surface area contributed by atoms with Gasteiger partial charge in [-0.1, -0.05) is 6.07 Å². The summed E-state index contributed by atoms with van der Waals surface area (Å²) in [6.45, 7) is 2.64. The van der Waals surface area contributed by atoms with E-state index in [-0.39, 0.29) is 17.5 Å². The van der Waals surface area contributed by atoms with Crippen LogP contribution in [0.5, 0.6) is 0 Å². The van der Waals surface area contributed by atoms with E-state index >= 15 is 0 Å². The van der Waals surface area contributed by atoms with Gasteiger partial charge < -0.3 is 21.3 Å². The zero-order chi connectivity index (χ0) is 22.8. The van der Waals surface area contributed by atoms with Crippen LogP contribution in [-0.2, 0) is 11.2 Å². The minimum atomic E-state index is -2.66. The van der Waals surface area contributed by atoms with Crippen molar-refractivity contribution in [2.24, 2.45) is 10.7 Å². The molecule has 1 amide bonds. The number of amides is 1. The number of carbonyl (C=O) groups is 1. The lowest BCUT2D eigenvalue weighted by molar-refractivity contribution is -0.116. The number of anilines is 4. The number of hydrogen-bond donors (Lipinski definition) is 3. The summed E-state index contributed by atoms with van der Waals surface area (Å²) >= 11 is 0. The van der Waals surface area contributed by atoms with Gasteiger partial charge in [0.05, 0.1) is 17.1 Å². The predicted molar refractivity (Wildman–Crippen MR) is 126 cm³/mol. The van der Waals surface area contributed by atoms with Crippen molar-refractivity contribution < 1.29 is 13.6 Å². The highest BCUT2D eigenvalue weighted by Crippen LogP contribution is 2.44. The van der Waals surface area contributed by atoms with Crippen molar-refractivity contribution in [1.29, 1.82) is 0 Å². The Morgan fingerprint density at radius 3 is 2.84 bits per heavy atom. The Morgan fingerprint density at radius 1 is 1.31 bits per heavy atom. The molecule has 168 valence electrons. The maximum atomic E-state index is 14.1. The molecule has 1 atom stereocenters. The molecule has 6 nitrogen and oxygen atoms in total. The molecule has 2 aliphatic heterocycles. The van der Waals surface area contributed by atoms with Crippen LogP contribution in [0.3, 0.4) is 0 Å². The third kappa shape index (κ3) is 4.04. The number of fused-ring (bicyclic) bond motifs is 2. The molecule has 0 radical (unpaired) electrons. The van der Waals surface area contributed by atoms with E-state index in [1.165, 1.54) is 12.4 Å². The Hall–Kier alpha value is -3.42. The highest BCUT2D eigenvalue weighted by molar-refractivity contribution is 6.10. The van der Waals surface area contributed by atoms with Crippen molar-refractivity contribution in [3.63, 3.8) is 0 Å². The largest absolute Gasteiger partial charge is 0.404 e. The monoisotopic (exact) mass is 439 g/mol. The first kappa shape index (κ1) is 21.8. The Balaban J connectivity index is 1.86. The lowest BCUT2D eigenvalue weighted by atomic mass is 9.92. The molecular formula is C24H27F2N5O. The van der Waals surface area contributed by atoms with Crippen LogP contribution in [-0.4, -0.2) is 31.8 Å². The third-order valence-corrected chi connectivity index (χ3v) is 5.85. The maximum absolute atomic E-state index is 14.1. The number of benzene rings is 2. The maximum Gasteiger partial charge on any atom is 0.264 e. The number of aryl methyl sites for hydroxylation is 1. The van der Waals surface area contributed by atoms with Crippen LogP contribution >= 0.6 is 0 Å². The van der Waals surface area contributed by atoms with Crippen LogP contribution in [0.25, 0.3) is 5.57 Å². The fraction of sp³-hybridized carbons (Fsp3) is 0.333. The molecule has 2 aliphatic rings. The van der Waals surface area contributed by atoms with Crippen LogP contribution in [0.1, 0.15) is 42.9 Å². The number of para-hydroxylation sites is 1. The van der Waals surface area contributed by atoms with Crippen LogP contribution in [0.2, 0.25) is 0 Å². The molecule has 0 saturated heterocycles. The smallest absolute Gasteiger partial charge is 0.264 e. The van der Waals surface area contributed by atoms with Gasteiger partial charge in [-0.05, 0) is 55.2 Å². The highest BCUT2D eigenvalue weighted by Gasteiger charge is 2.28. The first-order valence-electron chi connectivity index (χ1n) is 10.7. The Labute approximate surface area is 186 Å². The number of alkyl halides is 2. The molecule has 0 saturated carbocycles. The van der Waals surface area contributed by atoms with Gasteiger partial charge >= 0.3 is 0 Å². The van der Waals surface area contributed by atoms with Gasteiger partial charge in [0.15, 0.2) is 0 Å². The number of hydrogen-bond acceptors (Lipinski definition) is 5. The third-order valence-electron chi connectivity index (χ3n) is 5.85. The molecule has 8 heteroatoms. The molecule has 2 aromatic carbocycles. The molecule has 2 aromatic rings. The molecule has 0 unspecified atom stereocenters. The summed E-state index contributed by atoms with van der Waals surface area (Å²) in [7, 11) is 1.58. The SMILES string of the molecule is CN=C/C(=C\N)c1cc2c(cc1C(F)F)N(c1cccc3c1N[C@H](C)CC(=O)N3)CCC2. The van der Waals surface area contributed by atoms with E-state index in [1.54, 1.807) is 13.1 Å². The van der Waals surface area contributed by atoms with E-state index < -0.39 is 6.43 Å². The number of aliphatic imine (C=N–C) groups is 1. The molecule has 32 heavy (non-hydrogen) atoms. The van der Waals surface area contributed by atoms with E-state index in [9.17, 15) is 13.6 Å². The summed E-state index contributed by atoms with van der Waals surface area (Å²) in [5.41, 5.74) is 10.6. The lowest BCUT2D eigenvalue weighted by Gasteiger charge is -2.34. The minimum Gasteiger partial charge on any atom is -0.404 e. The zero-order valence-corrected chi connectivity index (χ0v) is 18.2. The highest BCUT2D eigenvalue weighted by atomic mass is 19.3. The first-order valence-corrected chi connectivity index (χ1v) is 10.7. The quantitative estimate of drug-likeness (QED) is 0.595. The van der Waals surface area contributed by atoms with Crippen LogP contribution in [0, 0.1) is 0 Å². The minimum absolute atomic E-state index is 0.0498. The molecule has 0 fully saturated rings. The molecule has 0 aromatic heterocycles. The summed E-state index contributed by atoms with van der Waals surface area (Å²) < 4.78 is 28.2. The number of halogens is 2. The van der Waals surface area contributed by atoms with Crippen molar-refractivity contribution in [2.45, 2.75) is 38.7 Å². The molecule has 0 aliphatic carbocycles. The summed E-state index contributed by atoms with van der Waals surface area (Å²) in [6.07, 6.45) is 2.15. The molecule has 4 N–H and O–H groups in total. The van der Waals surface area contributed by atoms with Gasteiger partial charge in [0.1, 0.15) is 0 Å². The molecule has 4 rings (SSSR count). The number of rotatable bonds is 4. The van der Waals surface area contributed by atoms with Gasteiger partial charge in [0.2, 0.25) is 5.91 Å². The van der Waals surface area contributed by atoms with Crippen LogP contribution in [0.4, 0.5) is 31.5 Å². The Morgan fingerprint density at radius 2 is 2.12 bits per heavy atom. The topological polar surface area (TPSA) is 82.8 Å². The zero-order valence-electron chi connectivity index (χ0n) is 18.2. The fourth-order valence-corrected chi connectivity index (χ4v) is 4.47. The number of nitrogens with one attached hydrogen (secondary N) is 2. The first-order chi connectivity index (χ1) is 15.4. The van der Waals surface area contributed by atoms with E-state index in [0.29, 0.717) is 29.8 Å². The molecule has 0 spiro atoms. The van der Waals surface area contributed by atoms with Gasteiger partial charge in [-0.3, -0.25) is 9.79 Å². The second kappa shape index (κ2) is 8.98. The fourth-order valence-electron chi connectivity index (χ4n) is 4.47. The van der Waals surface area contributed by atoms with Crippen molar-refractivity contribution >= 4 is 40.4 Å². The normalized spacial score (nSPS) is 18.8. The van der Waals surface area contributed by atoms with Crippen molar-refractivity contribution in [2.75, 3.05) is 29.1 Å². The second-order valence-corrected chi connectivity index (χ2v) is 8.13. The van der Waals surface area contributed by atoms with Crippen molar-refractivity contribution in [3.8, 4) is 0 Å². The van der Waals surface area contributed by atoms with E-state index in [1.807, 2.05) is 31.2 Å². The number of carbonyl (C=O) groups excluding carboxylic acids is 1. The Bertz CT molecular complexity index is 1100. The van der Waals surface area contributed by atoms with Crippen molar-refractivity contribution in [3.05, 3.63) is 53.2 Å². The summed E-state index contributed by atoms with van der Waals surface area (Å²) in [4.78, 5) is 18.2. The van der Waals surface area contributed by atoms with Crippen LogP contribution < -0.4 is 21.3 Å². The van der Waals surface area contributed by atoms with Gasteiger partial charge in [-0.15, -0.1) is 0 Å². The number of allylic oxidation sites excluding steroid dienone is 1. The molecule has 2 heterocycles. The number of nitrogens with two attached hydrogens (primary N) is 1. The lowest BCUT2D eigenvalue weighted by Crippen LogP contribution is -2.27. The average molecular weight is 440 g/mol. The summed E-state index contributed by atoms with van der Waals surface area (Å²) in [5.74, 6) is -0.0525. The molecule has 0 bridgehead atoms. The van der Waals surface area contributed by atoms with E-state index in [0.717, 1.165) is 35.5 Å². The number of nitrogens with zero attached hydrogens (tertiary/aromatic N) is 2. The predicted octanol–water partition coefficient (Wildman–Crippen LogP) is 4.85. The van der Waals surface area contributed by atoms with E-state index in [4.69, 9.17) is 5.73 Å². The van der Waals surface area contributed by atoms with E-state index in [2.05, 4.69) is 20.5 Å². The summed E-state index contributed by atoms with van der Waals surface area (Å²) in [6, 6.07) is 9.00. The average Bonchev–Trinajstić information content (AvgIpc) is 2.92. The van der Waals surface area contributed by atoms with Crippen LogP contribution in [0.15, 0.2) is 41.5 Å².